The highest BCUT2D eigenvalue weighted by Crippen LogP contribution is 2.15. The summed E-state index contributed by atoms with van der Waals surface area (Å²) in [5.74, 6) is 0.966. The Balaban J connectivity index is 1.64. The van der Waals surface area contributed by atoms with Crippen LogP contribution in [0.2, 0.25) is 0 Å². The third-order valence-corrected chi connectivity index (χ3v) is 2.68. The average Bonchev–Trinajstić information content (AvgIpc) is 2.94. The molecule has 13 heavy (non-hydrogen) atoms. The molecule has 0 aromatic rings. The van der Waals surface area contributed by atoms with Crippen molar-refractivity contribution in [1.82, 2.24) is 4.90 Å². The predicted molar refractivity (Wildman–Crippen MR) is 54.4 cm³/mol. The molecule has 2 unspecified atom stereocenters. The molecule has 2 aliphatic heterocycles. The molecule has 0 N–H and O–H groups in total. The van der Waals surface area contributed by atoms with Gasteiger partial charge in [-0.3, -0.25) is 4.90 Å². The predicted octanol–water partition coefficient (Wildman–Crippen LogP) is 0.406. The van der Waals surface area contributed by atoms with Gasteiger partial charge in [-0.2, -0.15) is 12.6 Å². The molecule has 4 heteroatoms. The monoisotopic (exact) mass is 203 g/mol. The number of thiol groups is 1. The third kappa shape index (κ3) is 3.85. The summed E-state index contributed by atoms with van der Waals surface area (Å²) in [5, 5.41) is 0. The van der Waals surface area contributed by atoms with Gasteiger partial charge >= 0.3 is 0 Å². The molecule has 2 saturated heterocycles. The van der Waals surface area contributed by atoms with Crippen LogP contribution in [0, 0.1) is 0 Å². The Morgan fingerprint density at radius 2 is 1.69 bits per heavy atom. The highest BCUT2D eigenvalue weighted by Gasteiger charge is 2.30. The molecule has 2 rings (SSSR count). The average molecular weight is 203 g/mol. The van der Waals surface area contributed by atoms with E-state index in [9.17, 15) is 0 Å². The molecule has 0 aliphatic carbocycles. The number of ether oxygens (including phenoxy) is 2. The molecule has 2 atom stereocenters. The van der Waals surface area contributed by atoms with Crippen LogP contribution in [0.1, 0.15) is 6.42 Å². The molecule has 2 fully saturated rings. The first-order valence-electron chi connectivity index (χ1n) is 4.95. The summed E-state index contributed by atoms with van der Waals surface area (Å²) in [6, 6.07) is 0. The molecule has 0 amide bonds. The second kappa shape index (κ2) is 4.64. The Hall–Kier alpha value is 0.230. The molecule has 0 bridgehead atoms. The maximum atomic E-state index is 5.22. The molecular formula is C9H17NO2S. The minimum Gasteiger partial charge on any atom is -0.372 e. The Morgan fingerprint density at radius 3 is 2.08 bits per heavy atom. The zero-order chi connectivity index (χ0) is 9.10. The summed E-state index contributed by atoms with van der Waals surface area (Å²) in [7, 11) is 0. The molecule has 3 nitrogen and oxygen atoms in total. The molecule has 0 aromatic carbocycles. The van der Waals surface area contributed by atoms with E-state index in [0.717, 1.165) is 45.0 Å². The van der Waals surface area contributed by atoms with Gasteiger partial charge in [-0.05, 0) is 18.7 Å². The van der Waals surface area contributed by atoms with E-state index in [2.05, 4.69) is 17.5 Å². The van der Waals surface area contributed by atoms with Gasteiger partial charge in [0.2, 0.25) is 0 Å². The lowest BCUT2D eigenvalue weighted by molar-refractivity contribution is 0.220. The van der Waals surface area contributed by atoms with Crippen molar-refractivity contribution in [1.29, 1.82) is 0 Å². The van der Waals surface area contributed by atoms with Crippen LogP contribution in [0.3, 0.4) is 0 Å². The van der Waals surface area contributed by atoms with Gasteiger partial charge in [-0.15, -0.1) is 0 Å². The van der Waals surface area contributed by atoms with Gasteiger partial charge in [0.25, 0.3) is 0 Å². The third-order valence-electron chi connectivity index (χ3n) is 2.36. The van der Waals surface area contributed by atoms with Gasteiger partial charge in [-0.1, -0.05) is 0 Å². The Morgan fingerprint density at radius 1 is 1.15 bits per heavy atom. The van der Waals surface area contributed by atoms with Crippen molar-refractivity contribution in [3.63, 3.8) is 0 Å². The molecular weight excluding hydrogens is 186 g/mol. The molecule has 0 saturated carbocycles. The number of hydrogen-bond donors (Lipinski definition) is 1. The summed E-state index contributed by atoms with van der Waals surface area (Å²) < 4.78 is 10.4. The summed E-state index contributed by atoms with van der Waals surface area (Å²) in [6.45, 7) is 5.18. The minimum atomic E-state index is 0.499. The van der Waals surface area contributed by atoms with Crippen LogP contribution in [-0.2, 0) is 9.47 Å². The number of epoxide rings is 2. The highest BCUT2D eigenvalue weighted by molar-refractivity contribution is 7.80. The van der Waals surface area contributed by atoms with Gasteiger partial charge in [0.05, 0.1) is 25.4 Å². The summed E-state index contributed by atoms with van der Waals surface area (Å²) in [4.78, 5) is 2.44. The summed E-state index contributed by atoms with van der Waals surface area (Å²) in [6.07, 6.45) is 2.15. The second-order valence-corrected chi connectivity index (χ2v) is 4.19. The molecule has 0 radical (unpaired) electrons. The van der Waals surface area contributed by atoms with Gasteiger partial charge in [0, 0.05) is 13.1 Å². The van der Waals surface area contributed by atoms with E-state index < -0.39 is 0 Å². The van der Waals surface area contributed by atoms with Crippen molar-refractivity contribution in [3.8, 4) is 0 Å². The fourth-order valence-corrected chi connectivity index (χ4v) is 1.62. The van der Waals surface area contributed by atoms with Gasteiger partial charge in [0.1, 0.15) is 0 Å². The lowest BCUT2D eigenvalue weighted by atomic mass is 10.3. The van der Waals surface area contributed by atoms with Crippen LogP contribution < -0.4 is 0 Å². The van der Waals surface area contributed by atoms with Crippen molar-refractivity contribution < 1.29 is 9.47 Å². The van der Waals surface area contributed by atoms with Crippen LogP contribution >= 0.6 is 12.6 Å². The number of nitrogens with zero attached hydrogens (tertiary/aromatic N) is 1. The first-order chi connectivity index (χ1) is 6.38. The van der Waals surface area contributed by atoms with Crippen molar-refractivity contribution in [2.24, 2.45) is 0 Å². The molecule has 2 aliphatic rings. The van der Waals surface area contributed by atoms with Crippen molar-refractivity contribution in [3.05, 3.63) is 0 Å². The Kier molecular flexibility index (Phi) is 3.49. The van der Waals surface area contributed by atoms with Crippen LogP contribution in [-0.4, -0.2) is 55.7 Å². The number of rotatable bonds is 7. The van der Waals surface area contributed by atoms with E-state index in [1.165, 1.54) is 0 Å². The van der Waals surface area contributed by atoms with E-state index in [4.69, 9.17) is 9.47 Å². The van der Waals surface area contributed by atoms with Crippen molar-refractivity contribution in [2.75, 3.05) is 38.6 Å². The van der Waals surface area contributed by atoms with Crippen LogP contribution in [0.4, 0.5) is 0 Å². The fraction of sp³-hybridized carbons (Fsp3) is 1.00. The first-order valence-corrected chi connectivity index (χ1v) is 5.58. The topological polar surface area (TPSA) is 28.3 Å². The summed E-state index contributed by atoms with van der Waals surface area (Å²) in [5.41, 5.74) is 0. The van der Waals surface area contributed by atoms with Crippen LogP contribution in [0.5, 0.6) is 0 Å². The zero-order valence-electron chi connectivity index (χ0n) is 7.82. The Labute approximate surface area is 84.8 Å². The summed E-state index contributed by atoms with van der Waals surface area (Å²) >= 11 is 4.22. The lowest BCUT2D eigenvalue weighted by Crippen LogP contribution is -2.32. The lowest BCUT2D eigenvalue weighted by Gasteiger charge is -2.19. The van der Waals surface area contributed by atoms with Gasteiger partial charge < -0.3 is 9.47 Å². The highest BCUT2D eigenvalue weighted by atomic mass is 32.1. The first kappa shape index (κ1) is 9.77. The molecule has 0 aromatic heterocycles. The quantitative estimate of drug-likeness (QED) is 0.480. The van der Waals surface area contributed by atoms with E-state index in [1.807, 2.05) is 0 Å². The van der Waals surface area contributed by atoms with E-state index in [-0.39, 0.29) is 0 Å². The van der Waals surface area contributed by atoms with Gasteiger partial charge in [0.15, 0.2) is 0 Å². The molecule has 0 spiro atoms. The zero-order valence-corrected chi connectivity index (χ0v) is 8.71. The maximum Gasteiger partial charge on any atom is 0.0936 e. The molecule has 76 valence electrons. The Bertz CT molecular complexity index is 146. The SMILES string of the molecule is SCCCN(CC1CO1)CC1CO1. The minimum absolute atomic E-state index is 0.499. The smallest absolute Gasteiger partial charge is 0.0936 e. The number of hydrogen-bond acceptors (Lipinski definition) is 4. The van der Waals surface area contributed by atoms with Gasteiger partial charge in [-0.25, -0.2) is 0 Å². The second-order valence-electron chi connectivity index (χ2n) is 3.75. The van der Waals surface area contributed by atoms with E-state index in [1.54, 1.807) is 0 Å². The van der Waals surface area contributed by atoms with Crippen molar-refractivity contribution in [2.45, 2.75) is 18.6 Å². The van der Waals surface area contributed by atoms with Crippen LogP contribution in [0.15, 0.2) is 0 Å². The van der Waals surface area contributed by atoms with Crippen LogP contribution in [0.25, 0.3) is 0 Å². The fourth-order valence-electron chi connectivity index (χ4n) is 1.47. The standard InChI is InChI=1S/C9H17NO2S/c13-3-1-2-10(4-8-6-11-8)5-9-7-12-9/h8-9,13H,1-7H2. The normalized spacial score (nSPS) is 30.9. The van der Waals surface area contributed by atoms with E-state index in [0.29, 0.717) is 12.2 Å². The van der Waals surface area contributed by atoms with Crippen molar-refractivity contribution >= 4 is 12.6 Å². The van der Waals surface area contributed by atoms with E-state index >= 15 is 0 Å². The molecule has 2 heterocycles. The maximum absolute atomic E-state index is 5.22. The largest absolute Gasteiger partial charge is 0.372 e.